The number of hydrogen-bond donors (Lipinski definition) is 9. The third kappa shape index (κ3) is 13.0. The average Bonchev–Trinajstić information content (AvgIpc) is 2.76. The Morgan fingerprint density at radius 2 is 1.24 bits per heavy atom. The fraction of sp³-hybridized carbons (Fsp3) is 0.684. The fourth-order valence-electron chi connectivity index (χ4n) is 2.75. The molecule has 34 heavy (non-hydrogen) atoms. The molecule has 0 bridgehead atoms. The molecule has 0 aromatic carbocycles. The lowest BCUT2D eigenvalue weighted by atomic mass is 10.1. The van der Waals surface area contributed by atoms with Crippen molar-refractivity contribution >= 4 is 48.1 Å². The summed E-state index contributed by atoms with van der Waals surface area (Å²) in [5, 5.41) is 16.4. The van der Waals surface area contributed by atoms with Gasteiger partial charge in [-0.1, -0.05) is 0 Å². The van der Waals surface area contributed by atoms with Crippen LogP contribution in [0.15, 0.2) is 0 Å². The van der Waals surface area contributed by atoms with Gasteiger partial charge in [0.05, 0.1) is 6.04 Å². The summed E-state index contributed by atoms with van der Waals surface area (Å²) in [6, 6.07) is -4.85. The molecular formula is C19H35N7O7S. The second-order valence-electron chi connectivity index (χ2n) is 7.61. The number of hydrogen-bond acceptors (Lipinski definition) is 9. The molecule has 5 amide bonds. The molecule has 0 heterocycles. The number of primary amides is 2. The maximum atomic E-state index is 12.7. The number of carbonyl (C=O) groups is 6. The van der Waals surface area contributed by atoms with Crippen molar-refractivity contribution in [1.29, 1.82) is 0 Å². The largest absolute Gasteiger partial charge is 0.480 e. The van der Waals surface area contributed by atoms with Crippen LogP contribution >= 0.6 is 12.6 Å². The van der Waals surface area contributed by atoms with Gasteiger partial charge in [0, 0.05) is 18.6 Å². The Bertz CT molecular complexity index is 738. The summed E-state index contributed by atoms with van der Waals surface area (Å²) in [5.74, 6) is -5.20. The highest BCUT2D eigenvalue weighted by molar-refractivity contribution is 7.80. The second-order valence-corrected chi connectivity index (χ2v) is 7.97. The lowest BCUT2D eigenvalue weighted by Gasteiger charge is -2.24. The van der Waals surface area contributed by atoms with Gasteiger partial charge in [-0.25, -0.2) is 4.79 Å². The number of carboxylic acid groups (broad SMARTS) is 1. The molecule has 14 nitrogen and oxygen atoms in total. The minimum atomic E-state index is -1.28. The molecule has 0 rings (SSSR count). The number of carbonyl (C=O) groups excluding carboxylic acids is 5. The molecule has 194 valence electrons. The topological polar surface area (TPSA) is 263 Å². The van der Waals surface area contributed by atoms with Crippen LogP contribution in [-0.2, 0) is 28.8 Å². The molecule has 0 spiro atoms. The zero-order valence-corrected chi connectivity index (χ0v) is 19.7. The minimum Gasteiger partial charge on any atom is -0.480 e. The Hall–Kier alpha value is -2.91. The summed E-state index contributed by atoms with van der Waals surface area (Å²) in [6.45, 7) is 0.375. The maximum Gasteiger partial charge on any atom is 0.326 e. The zero-order chi connectivity index (χ0) is 26.3. The van der Waals surface area contributed by atoms with Gasteiger partial charge in [0.25, 0.3) is 0 Å². The highest BCUT2D eigenvalue weighted by atomic mass is 32.1. The van der Waals surface area contributed by atoms with E-state index < -0.39 is 59.7 Å². The van der Waals surface area contributed by atoms with E-state index in [9.17, 15) is 33.9 Å². The Kier molecular flexibility index (Phi) is 15.2. The van der Waals surface area contributed by atoms with E-state index >= 15 is 0 Å². The van der Waals surface area contributed by atoms with Crippen molar-refractivity contribution in [3.63, 3.8) is 0 Å². The second kappa shape index (κ2) is 16.7. The van der Waals surface area contributed by atoms with Crippen LogP contribution in [-0.4, -0.2) is 77.1 Å². The molecule has 0 aliphatic carbocycles. The Morgan fingerprint density at radius 1 is 0.735 bits per heavy atom. The normalized spacial score (nSPS) is 14.2. The van der Waals surface area contributed by atoms with E-state index in [0.29, 0.717) is 19.4 Å². The number of rotatable bonds is 18. The van der Waals surface area contributed by atoms with E-state index in [4.69, 9.17) is 22.9 Å². The Labute approximate surface area is 202 Å². The number of thiol groups is 1. The predicted molar refractivity (Wildman–Crippen MR) is 125 cm³/mol. The van der Waals surface area contributed by atoms with E-state index in [0.717, 1.165) is 0 Å². The highest BCUT2D eigenvalue weighted by Gasteiger charge is 2.29. The van der Waals surface area contributed by atoms with Gasteiger partial charge in [0.2, 0.25) is 29.5 Å². The van der Waals surface area contributed by atoms with Crippen molar-refractivity contribution in [2.24, 2.45) is 22.9 Å². The van der Waals surface area contributed by atoms with Crippen LogP contribution in [0.3, 0.4) is 0 Å². The number of carboxylic acids is 1. The third-order valence-electron chi connectivity index (χ3n) is 4.73. The first-order valence-corrected chi connectivity index (χ1v) is 11.3. The molecule has 12 N–H and O–H groups in total. The summed E-state index contributed by atoms with van der Waals surface area (Å²) in [7, 11) is 0. The molecule has 4 atom stereocenters. The molecule has 0 aromatic rings. The van der Waals surface area contributed by atoms with Gasteiger partial charge < -0.3 is 44.0 Å². The number of nitrogens with one attached hydrogen (secondary N) is 3. The van der Waals surface area contributed by atoms with Gasteiger partial charge in [-0.3, -0.25) is 24.0 Å². The van der Waals surface area contributed by atoms with Crippen LogP contribution in [0.2, 0.25) is 0 Å². The highest BCUT2D eigenvalue weighted by Crippen LogP contribution is 2.04. The SMILES string of the molecule is NCCCCC(NC(=O)C(CS)NC(=O)C(CCC(N)=O)NC(=O)C(N)CCC(N)=O)C(=O)O. The number of amides is 5. The van der Waals surface area contributed by atoms with Crippen LogP contribution in [0.4, 0.5) is 0 Å². The molecule has 4 unspecified atom stereocenters. The molecule has 0 fully saturated rings. The van der Waals surface area contributed by atoms with Crippen molar-refractivity contribution in [3.05, 3.63) is 0 Å². The summed E-state index contributed by atoms with van der Waals surface area (Å²) in [4.78, 5) is 71.0. The first-order chi connectivity index (χ1) is 15.9. The molecule has 0 aliphatic heterocycles. The van der Waals surface area contributed by atoms with Gasteiger partial charge in [-0.15, -0.1) is 0 Å². The van der Waals surface area contributed by atoms with Crippen molar-refractivity contribution in [3.8, 4) is 0 Å². The van der Waals surface area contributed by atoms with E-state index in [-0.39, 0.29) is 37.9 Å². The monoisotopic (exact) mass is 505 g/mol. The number of unbranched alkanes of at least 4 members (excludes halogenated alkanes) is 1. The van der Waals surface area contributed by atoms with Crippen molar-refractivity contribution < 1.29 is 33.9 Å². The number of aliphatic carboxylic acids is 1. The predicted octanol–water partition coefficient (Wildman–Crippen LogP) is -3.56. The molecule has 0 aromatic heterocycles. The first-order valence-electron chi connectivity index (χ1n) is 10.7. The van der Waals surface area contributed by atoms with Crippen molar-refractivity contribution in [2.75, 3.05) is 12.3 Å². The molecule has 0 saturated carbocycles. The zero-order valence-electron chi connectivity index (χ0n) is 18.8. The smallest absolute Gasteiger partial charge is 0.326 e. The van der Waals surface area contributed by atoms with Crippen LogP contribution in [0.1, 0.15) is 44.9 Å². The Balaban J connectivity index is 5.24. The summed E-state index contributed by atoms with van der Waals surface area (Å²) >= 11 is 4.03. The van der Waals surface area contributed by atoms with E-state index in [1.54, 1.807) is 0 Å². The van der Waals surface area contributed by atoms with E-state index in [2.05, 4.69) is 28.6 Å². The van der Waals surface area contributed by atoms with Gasteiger partial charge in [-0.05, 0) is 38.6 Å². The summed E-state index contributed by atoms with van der Waals surface area (Å²) < 4.78 is 0. The first kappa shape index (κ1) is 31.1. The fourth-order valence-corrected chi connectivity index (χ4v) is 3.01. The third-order valence-corrected chi connectivity index (χ3v) is 5.09. The van der Waals surface area contributed by atoms with Gasteiger partial charge in [0.1, 0.15) is 18.1 Å². The van der Waals surface area contributed by atoms with E-state index in [1.165, 1.54) is 0 Å². The molecule has 0 radical (unpaired) electrons. The average molecular weight is 506 g/mol. The standard InChI is InChI=1S/C19H35N7O7S/c20-8-2-1-3-12(19(32)33)25-18(31)13(9-34)26-17(30)11(5-7-15(23)28)24-16(29)10(21)4-6-14(22)27/h10-13,34H,1-9,20-21H2,(H2,22,27)(H2,23,28)(H,24,29)(H,25,31)(H,26,30)(H,32,33). The van der Waals surface area contributed by atoms with Crippen LogP contribution in [0.25, 0.3) is 0 Å². The summed E-state index contributed by atoms with van der Waals surface area (Å²) in [6.07, 6.45) is 0.546. The quantitative estimate of drug-likeness (QED) is 0.0658. The van der Waals surface area contributed by atoms with Gasteiger partial charge in [-0.2, -0.15) is 12.6 Å². The minimum absolute atomic E-state index is 0.0618. The van der Waals surface area contributed by atoms with Crippen LogP contribution in [0, 0.1) is 0 Å². The van der Waals surface area contributed by atoms with Crippen LogP contribution < -0.4 is 38.9 Å². The number of nitrogens with two attached hydrogens (primary N) is 4. The maximum absolute atomic E-state index is 12.7. The molecule has 0 saturated heterocycles. The Morgan fingerprint density at radius 3 is 1.74 bits per heavy atom. The molecular weight excluding hydrogens is 470 g/mol. The van der Waals surface area contributed by atoms with Gasteiger partial charge in [0.15, 0.2) is 0 Å². The van der Waals surface area contributed by atoms with Gasteiger partial charge >= 0.3 is 5.97 Å². The molecule has 15 heteroatoms. The van der Waals surface area contributed by atoms with Crippen molar-refractivity contribution in [1.82, 2.24) is 16.0 Å². The lowest BCUT2D eigenvalue weighted by molar-refractivity contribution is -0.142. The molecule has 0 aliphatic rings. The van der Waals surface area contributed by atoms with E-state index in [1.807, 2.05) is 0 Å². The van der Waals surface area contributed by atoms with Crippen molar-refractivity contribution in [2.45, 2.75) is 69.1 Å². The summed E-state index contributed by atoms with van der Waals surface area (Å²) in [5.41, 5.74) is 21.2. The lowest BCUT2D eigenvalue weighted by Crippen LogP contribution is -2.57. The van der Waals surface area contributed by atoms with Crippen LogP contribution in [0.5, 0.6) is 0 Å².